The minimum atomic E-state index is 0.218. The van der Waals surface area contributed by atoms with Gasteiger partial charge in [0, 0.05) is 49.0 Å². The summed E-state index contributed by atoms with van der Waals surface area (Å²) in [6.45, 7) is 2.13. The fourth-order valence-electron chi connectivity index (χ4n) is 4.23. The average Bonchev–Trinajstić information content (AvgIpc) is 3.23. The van der Waals surface area contributed by atoms with Gasteiger partial charge in [0.25, 0.3) is 0 Å². The van der Waals surface area contributed by atoms with Crippen LogP contribution in [-0.2, 0) is 24.2 Å². The van der Waals surface area contributed by atoms with Gasteiger partial charge in [0.2, 0.25) is 5.91 Å². The van der Waals surface area contributed by atoms with Crippen molar-refractivity contribution in [3.8, 4) is 11.5 Å². The zero-order chi connectivity index (χ0) is 15.8. The summed E-state index contributed by atoms with van der Waals surface area (Å²) in [5, 5.41) is 0. The highest BCUT2D eigenvalue weighted by Crippen LogP contribution is 2.41. The molecule has 1 fully saturated rings. The number of amides is 1. The molecule has 4 nitrogen and oxygen atoms in total. The Bertz CT molecular complexity index is 587. The molecule has 1 aliphatic carbocycles. The van der Waals surface area contributed by atoms with E-state index in [0.29, 0.717) is 12.5 Å². The SMILES string of the molecule is CN(Cc1c2c(cc3c1OCC3)OCC2)C(=O)C1CCCCC1. The van der Waals surface area contributed by atoms with E-state index in [2.05, 4.69) is 6.07 Å². The van der Waals surface area contributed by atoms with E-state index in [4.69, 9.17) is 9.47 Å². The van der Waals surface area contributed by atoms with E-state index < -0.39 is 0 Å². The Labute approximate surface area is 137 Å². The molecule has 0 aromatic heterocycles. The van der Waals surface area contributed by atoms with E-state index in [1.165, 1.54) is 36.0 Å². The molecule has 0 N–H and O–H groups in total. The Balaban J connectivity index is 1.57. The number of ether oxygens (including phenoxy) is 2. The van der Waals surface area contributed by atoms with Gasteiger partial charge in [-0.2, -0.15) is 0 Å². The quantitative estimate of drug-likeness (QED) is 0.860. The summed E-state index contributed by atoms with van der Waals surface area (Å²) in [6.07, 6.45) is 7.63. The van der Waals surface area contributed by atoms with Gasteiger partial charge in [0.1, 0.15) is 11.5 Å². The van der Waals surface area contributed by atoms with Crippen molar-refractivity contribution in [2.75, 3.05) is 20.3 Å². The van der Waals surface area contributed by atoms with Crippen LogP contribution in [0.1, 0.15) is 48.8 Å². The van der Waals surface area contributed by atoms with Crippen molar-refractivity contribution in [3.05, 3.63) is 22.8 Å². The van der Waals surface area contributed by atoms with Crippen LogP contribution in [0.2, 0.25) is 0 Å². The molecule has 2 heterocycles. The van der Waals surface area contributed by atoms with Crippen LogP contribution in [0, 0.1) is 5.92 Å². The van der Waals surface area contributed by atoms with Crippen molar-refractivity contribution in [1.82, 2.24) is 4.90 Å². The molecule has 1 aromatic carbocycles. The molecule has 0 bridgehead atoms. The molecular formula is C19H25NO3. The average molecular weight is 315 g/mol. The van der Waals surface area contributed by atoms with Crippen LogP contribution in [0.25, 0.3) is 0 Å². The summed E-state index contributed by atoms with van der Waals surface area (Å²) in [5.74, 6) is 2.53. The van der Waals surface area contributed by atoms with Crippen LogP contribution >= 0.6 is 0 Å². The van der Waals surface area contributed by atoms with Gasteiger partial charge in [-0.05, 0) is 18.9 Å². The van der Waals surface area contributed by atoms with Crippen LogP contribution in [0.15, 0.2) is 6.07 Å². The van der Waals surface area contributed by atoms with Crippen molar-refractivity contribution in [2.24, 2.45) is 5.92 Å². The largest absolute Gasteiger partial charge is 0.493 e. The Kier molecular flexibility index (Phi) is 3.92. The second-order valence-corrected chi connectivity index (χ2v) is 7.05. The van der Waals surface area contributed by atoms with Gasteiger partial charge in [-0.1, -0.05) is 19.3 Å². The molecular weight excluding hydrogens is 290 g/mol. The van der Waals surface area contributed by atoms with Crippen LogP contribution in [0.4, 0.5) is 0 Å². The van der Waals surface area contributed by atoms with Gasteiger partial charge in [-0.3, -0.25) is 4.79 Å². The summed E-state index contributed by atoms with van der Waals surface area (Å²) in [5.41, 5.74) is 3.66. The maximum absolute atomic E-state index is 12.8. The monoisotopic (exact) mass is 315 g/mol. The van der Waals surface area contributed by atoms with E-state index in [1.807, 2.05) is 11.9 Å². The summed E-state index contributed by atoms with van der Waals surface area (Å²) in [6, 6.07) is 2.14. The second-order valence-electron chi connectivity index (χ2n) is 7.05. The van der Waals surface area contributed by atoms with E-state index in [-0.39, 0.29) is 5.92 Å². The molecule has 23 heavy (non-hydrogen) atoms. The third-order valence-corrected chi connectivity index (χ3v) is 5.49. The van der Waals surface area contributed by atoms with Crippen LogP contribution < -0.4 is 9.47 Å². The topological polar surface area (TPSA) is 38.8 Å². The number of fused-ring (bicyclic) bond motifs is 2. The van der Waals surface area contributed by atoms with Crippen LogP contribution in [0.5, 0.6) is 11.5 Å². The number of carbonyl (C=O) groups is 1. The molecule has 1 saturated carbocycles. The van der Waals surface area contributed by atoms with E-state index in [0.717, 1.165) is 50.4 Å². The number of benzene rings is 1. The molecule has 0 unspecified atom stereocenters. The first-order chi connectivity index (χ1) is 11.2. The molecule has 0 saturated heterocycles. The standard InChI is InChI=1S/C19H25NO3/c1-20(19(21)13-5-3-2-4-6-13)12-16-15-8-10-22-17(15)11-14-7-9-23-18(14)16/h11,13H,2-10,12H2,1H3. The van der Waals surface area contributed by atoms with Gasteiger partial charge < -0.3 is 14.4 Å². The summed E-state index contributed by atoms with van der Waals surface area (Å²) >= 11 is 0. The maximum Gasteiger partial charge on any atom is 0.225 e. The molecule has 0 atom stereocenters. The Morgan fingerprint density at radius 3 is 2.78 bits per heavy atom. The predicted molar refractivity (Wildman–Crippen MR) is 87.9 cm³/mol. The Morgan fingerprint density at radius 2 is 1.96 bits per heavy atom. The molecule has 3 aliphatic rings. The number of rotatable bonds is 3. The lowest BCUT2D eigenvalue weighted by Gasteiger charge is -2.27. The number of hydrogen-bond donors (Lipinski definition) is 0. The number of hydrogen-bond acceptors (Lipinski definition) is 3. The lowest BCUT2D eigenvalue weighted by Crippen LogP contribution is -2.33. The third kappa shape index (κ3) is 2.68. The highest BCUT2D eigenvalue weighted by molar-refractivity contribution is 5.79. The van der Waals surface area contributed by atoms with Gasteiger partial charge in [-0.15, -0.1) is 0 Å². The lowest BCUT2D eigenvalue weighted by molar-refractivity contribution is -0.135. The minimum Gasteiger partial charge on any atom is -0.493 e. The normalized spacial score (nSPS) is 19.7. The zero-order valence-corrected chi connectivity index (χ0v) is 13.9. The summed E-state index contributed by atoms with van der Waals surface area (Å²) in [4.78, 5) is 14.7. The first-order valence-electron chi connectivity index (χ1n) is 8.92. The predicted octanol–water partition coefficient (Wildman–Crippen LogP) is 3.10. The minimum absolute atomic E-state index is 0.218. The van der Waals surface area contributed by atoms with Gasteiger partial charge >= 0.3 is 0 Å². The first kappa shape index (κ1) is 14.9. The first-order valence-corrected chi connectivity index (χ1v) is 8.92. The molecule has 124 valence electrons. The van der Waals surface area contributed by atoms with Crippen molar-refractivity contribution in [3.63, 3.8) is 0 Å². The van der Waals surface area contributed by atoms with Crippen molar-refractivity contribution < 1.29 is 14.3 Å². The van der Waals surface area contributed by atoms with Crippen LogP contribution in [0.3, 0.4) is 0 Å². The van der Waals surface area contributed by atoms with Crippen molar-refractivity contribution in [1.29, 1.82) is 0 Å². The smallest absolute Gasteiger partial charge is 0.225 e. The van der Waals surface area contributed by atoms with Gasteiger partial charge in [0.15, 0.2) is 0 Å². The van der Waals surface area contributed by atoms with Crippen molar-refractivity contribution in [2.45, 2.75) is 51.5 Å². The van der Waals surface area contributed by atoms with E-state index in [1.54, 1.807) is 0 Å². The molecule has 2 aliphatic heterocycles. The van der Waals surface area contributed by atoms with E-state index >= 15 is 0 Å². The van der Waals surface area contributed by atoms with Crippen molar-refractivity contribution >= 4 is 5.91 Å². The summed E-state index contributed by atoms with van der Waals surface area (Å²) < 4.78 is 11.7. The lowest BCUT2D eigenvalue weighted by atomic mass is 9.88. The molecule has 1 aromatic rings. The third-order valence-electron chi connectivity index (χ3n) is 5.49. The molecule has 1 amide bonds. The van der Waals surface area contributed by atoms with E-state index in [9.17, 15) is 4.79 Å². The highest BCUT2D eigenvalue weighted by atomic mass is 16.5. The second kappa shape index (κ2) is 6.06. The number of carbonyl (C=O) groups excluding carboxylic acids is 1. The Morgan fingerprint density at radius 1 is 1.17 bits per heavy atom. The van der Waals surface area contributed by atoms with Crippen LogP contribution in [-0.4, -0.2) is 31.1 Å². The number of nitrogens with zero attached hydrogens (tertiary/aromatic N) is 1. The fourth-order valence-corrected chi connectivity index (χ4v) is 4.23. The highest BCUT2D eigenvalue weighted by Gasteiger charge is 2.29. The maximum atomic E-state index is 12.8. The Hall–Kier alpha value is -1.71. The van der Waals surface area contributed by atoms with Gasteiger partial charge in [-0.25, -0.2) is 0 Å². The summed E-state index contributed by atoms with van der Waals surface area (Å²) in [7, 11) is 1.94. The molecule has 0 radical (unpaired) electrons. The molecule has 4 heteroatoms. The van der Waals surface area contributed by atoms with Gasteiger partial charge in [0.05, 0.1) is 13.2 Å². The molecule has 0 spiro atoms. The zero-order valence-electron chi connectivity index (χ0n) is 13.9. The fraction of sp³-hybridized carbons (Fsp3) is 0.632. The molecule has 4 rings (SSSR count).